The molecule has 0 radical (unpaired) electrons. The Bertz CT molecular complexity index is 959. The predicted octanol–water partition coefficient (Wildman–Crippen LogP) is 7.83. The number of hydrogen-bond acceptors (Lipinski definition) is 2. The quantitative estimate of drug-likeness (QED) is 0.392. The molecule has 2 nitrogen and oxygen atoms in total. The van der Waals surface area contributed by atoms with E-state index in [-0.39, 0.29) is 0 Å². The van der Waals surface area contributed by atoms with Gasteiger partial charge in [-0.15, -0.1) is 0 Å². The second kappa shape index (κ2) is 7.52. The summed E-state index contributed by atoms with van der Waals surface area (Å²) in [4.78, 5) is 0. The smallest absolute Gasteiger partial charge is 0.126 e. The van der Waals surface area contributed by atoms with Gasteiger partial charge in [-0.1, -0.05) is 19.9 Å². The third kappa shape index (κ3) is 3.37. The molecule has 1 unspecified atom stereocenters. The normalized spacial score (nSPS) is 46.6. The van der Waals surface area contributed by atoms with Gasteiger partial charge in [-0.3, -0.25) is 0 Å². The highest BCUT2D eigenvalue weighted by molar-refractivity contribution is 5.58. The zero-order valence-corrected chi connectivity index (χ0v) is 22.4. The Morgan fingerprint density at radius 3 is 1.69 bits per heavy atom. The lowest BCUT2D eigenvalue weighted by Crippen LogP contribution is -2.50. The van der Waals surface area contributed by atoms with Crippen LogP contribution in [0.4, 0.5) is 0 Å². The first-order valence-corrected chi connectivity index (χ1v) is 15.3. The second-order valence-electron chi connectivity index (χ2n) is 15.2. The third-order valence-corrected chi connectivity index (χ3v) is 12.2. The second-order valence-corrected chi connectivity index (χ2v) is 15.2. The molecule has 0 amide bonds. The molecule has 0 spiro atoms. The molecule has 0 aromatic heterocycles. The van der Waals surface area contributed by atoms with Crippen LogP contribution in [0.3, 0.4) is 0 Å². The Morgan fingerprint density at radius 2 is 1.26 bits per heavy atom. The van der Waals surface area contributed by atoms with Gasteiger partial charge in [-0.2, -0.15) is 0 Å². The standard InChI is InChI=1S/C33H46O2/c1-19(2)28-10-29(32-11-21-4-22(12-32)6-23(5-21)13-32)20(3)30(31(28)35-18-27-17-34-27)33-14-24-7-25(15-33)9-26(8-24)16-33/h10,19,21-27H,4-9,11-18H2,1-3H3. The van der Waals surface area contributed by atoms with Crippen LogP contribution >= 0.6 is 0 Å². The molecule has 8 bridgehead atoms. The SMILES string of the molecule is Cc1c(C23CC4CC(CC(C4)C2)C3)cc(C(C)C)c(OCC2CO2)c1C12CC3CC(CC(C3)C1)C2. The number of rotatable bonds is 6. The first-order chi connectivity index (χ1) is 16.9. The molecule has 35 heavy (non-hydrogen) atoms. The van der Waals surface area contributed by atoms with Crippen LogP contribution in [-0.2, 0) is 15.6 Å². The summed E-state index contributed by atoms with van der Waals surface area (Å²) in [7, 11) is 0. The van der Waals surface area contributed by atoms with E-state index in [4.69, 9.17) is 9.47 Å². The average Bonchev–Trinajstić information content (AvgIpc) is 3.59. The molecule has 9 fully saturated rings. The Kier molecular flexibility index (Phi) is 4.73. The largest absolute Gasteiger partial charge is 0.490 e. The maximum Gasteiger partial charge on any atom is 0.126 e. The first-order valence-electron chi connectivity index (χ1n) is 15.3. The van der Waals surface area contributed by atoms with Crippen molar-refractivity contribution in [3.8, 4) is 5.75 Å². The van der Waals surface area contributed by atoms with Crippen molar-refractivity contribution in [1.82, 2.24) is 0 Å². The van der Waals surface area contributed by atoms with E-state index in [2.05, 4.69) is 26.8 Å². The number of hydrogen-bond donors (Lipinski definition) is 0. The molecule has 1 aromatic carbocycles. The van der Waals surface area contributed by atoms with E-state index >= 15 is 0 Å². The molecule has 1 aromatic rings. The van der Waals surface area contributed by atoms with Crippen LogP contribution in [0.25, 0.3) is 0 Å². The molecule has 1 saturated heterocycles. The molecule has 0 N–H and O–H groups in total. The number of epoxide rings is 1. The van der Waals surface area contributed by atoms with Gasteiger partial charge in [0.2, 0.25) is 0 Å². The Labute approximate surface area is 212 Å². The lowest BCUT2D eigenvalue weighted by atomic mass is 9.45. The minimum absolute atomic E-state index is 0.322. The first kappa shape index (κ1) is 22.0. The van der Waals surface area contributed by atoms with Gasteiger partial charge in [0.25, 0.3) is 0 Å². The summed E-state index contributed by atoms with van der Waals surface area (Å²) in [5.74, 6) is 7.69. The molecule has 190 valence electrons. The number of ether oxygens (including phenoxy) is 2. The van der Waals surface area contributed by atoms with Crippen LogP contribution in [-0.4, -0.2) is 19.3 Å². The molecule has 9 aliphatic rings. The van der Waals surface area contributed by atoms with E-state index in [1.165, 1.54) is 88.4 Å². The third-order valence-electron chi connectivity index (χ3n) is 12.2. The summed E-state index contributed by atoms with van der Waals surface area (Å²) >= 11 is 0. The lowest BCUT2D eigenvalue weighted by molar-refractivity contribution is -0.00989. The Hall–Kier alpha value is -1.02. The molecule has 2 heteroatoms. The average molecular weight is 475 g/mol. The Balaban J connectivity index is 1.32. The molecule has 1 heterocycles. The number of benzene rings is 1. The van der Waals surface area contributed by atoms with Crippen molar-refractivity contribution in [2.24, 2.45) is 35.5 Å². The van der Waals surface area contributed by atoms with Gasteiger partial charge in [-0.25, -0.2) is 0 Å². The van der Waals surface area contributed by atoms with Gasteiger partial charge in [0.05, 0.1) is 6.61 Å². The van der Waals surface area contributed by atoms with Crippen LogP contribution < -0.4 is 4.74 Å². The van der Waals surface area contributed by atoms with Gasteiger partial charge < -0.3 is 9.47 Å². The zero-order chi connectivity index (χ0) is 23.5. The summed E-state index contributed by atoms with van der Waals surface area (Å²) < 4.78 is 12.5. The minimum atomic E-state index is 0.322. The van der Waals surface area contributed by atoms with Crippen LogP contribution in [0.1, 0.15) is 119 Å². The highest BCUT2D eigenvalue weighted by Gasteiger charge is 2.56. The van der Waals surface area contributed by atoms with Crippen LogP contribution in [0.15, 0.2) is 6.07 Å². The lowest BCUT2D eigenvalue weighted by Gasteiger charge is -2.59. The Morgan fingerprint density at radius 1 is 0.800 bits per heavy atom. The van der Waals surface area contributed by atoms with E-state index in [9.17, 15) is 0 Å². The summed E-state index contributed by atoms with van der Waals surface area (Å²) in [5, 5.41) is 0. The van der Waals surface area contributed by atoms with Crippen LogP contribution in [0.2, 0.25) is 0 Å². The van der Waals surface area contributed by atoms with E-state index in [0.29, 0.717) is 22.9 Å². The topological polar surface area (TPSA) is 21.8 Å². The van der Waals surface area contributed by atoms with Gasteiger partial charge in [0.15, 0.2) is 0 Å². The van der Waals surface area contributed by atoms with Gasteiger partial charge >= 0.3 is 0 Å². The van der Waals surface area contributed by atoms with Crippen molar-refractivity contribution in [1.29, 1.82) is 0 Å². The molecule has 8 aliphatic carbocycles. The van der Waals surface area contributed by atoms with Crippen molar-refractivity contribution in [3.05, 3.63) is 28.3 Å². The van der Waals surface area contributed by atoms with Gasteiger partial charge in [-0.05, 0) is 148 Å². The van der Waals surface area contributed by atoms with Gasteiger partial charge in [0.1, 0.15) is 18.5 Å². The fourth-order valence-electron chi connectivity index (χ4n) is 11.8. The maximum atomic E-state index is 6.87. The van der Waals surface area contributed by atoms with Crippen LogP contribution in [0.5, 0.6) is 5.75 Å². The fraction of sp³-hybridized carbons (Fsp3) is 0.818. The maximum absolute atomic E-state index is 6.87. The molecular weight excluding hydrogens is 428 g/mol. The van der Waals surface area contributed by atoms with Crippen molar-refractivity contribution in [2.75, 3.05) is 13.2 Å². The van der Waals surface area contributed by atoms with Crippen LogP contribution in [0, 0.1) is 42.4 Å². The van der Waals surface area contributed by atoms with E-state index in [1.807, 2.05) is 0 Å². The monoisotopic (exact) mass is 474 g/mol. The van der Waals surface area contributed by atoms with Gasteiger partial charge in [0, 0.05) is 11.0 Å². The predicted molar refractivity (Wildman–Crippen MR) is 140 cm³/mol. The highest BCUT2D eigenvalue weighted by Crippen LogP contribution is 2.66. The fourth-order valence-corrected chi connectivity index (χ4v) is 11.8. The van der Waals surface area contributed by atoms with E-state index in [1.54, 1.807) is 16.7 Å². The van der Waals surface area contributed by atoms with Crippen molar-refractivity contribution >= 4 is 0 Å². The van der Waals surface area contributed by atoms with Crippen molar-refractivity contribution in [3.63, 3.8) is 0 Å². The van der Waals surface area contributed by atoms with E-state index < -0.39 is 0 Å². The molecule has 8 saturated carbocycles. The summed E-state index contributed by atoms with van der Waals surface area (Å²) in [6, 6.07) is 2.69. The molecule has 10 rings (SSSR count). The molecule has 1 atom stereocenters. The van der Waals surface area contributed by atoms with Crippen molar-refractivity contribution in [2.45, 2.75) is 121 Å². The zero-order valence-electron chi connectivity index (χ0n) is 22.4. The summed E-state index contributed by atoms with van der Waals surface area (Å²) in [6.07, 6.45) is 18.1. The highest BCUT2D eigenvalue weighted by atomic mass is 16.6. The van der Waals surface area contributed by atoms with E-state index in [0.717, 1.165) is 48.7 Å². The van der Waals surface area contributed by atoms with Crippen molar-refractivity contribution < 1.29 is 9.47 Å². The molecular formula is C33H46O2. The summed E-state index contributed by atoms with van der Waals surface area (Å²) in [6.45, 7) is 9.01. The molecule has 1 aliphatic heterocycles. The minimum Gasteiger partial charge on any atom is -0.490 e. The summed E-state index contributed by atoms with van der Waals surface area (Å²) in [5.41, 5.74) is 7.51.